The van der Waals surface area contributed by atoms with Gasteiger partial charge in [0.15, 0.2) is 0 Å². The molecule has 2 heterocycles. The predicted molar refractivity (Wildman–Crippen MR) is 113 cm³/mol. The fourth-order valence-corrected chi connectivity index (χ4v) is 2.70. The molecule has 0 aliphatic rings. The molecule has 0 saturated heterocycles. The van der Waals surface area contributed by atoms with Crippen LogP contribution in [0.2, 0.25) is 0 Å². The summed E-state index contributed by atoms with van der Waals surface area (Å²) in [5, 5.41) is 25.9. The van der Waals surface area contributed by atoms with E-state index in [9.17, 15) is 9.90 Å². The summed E-state index contributed by atoms with van der Waals surface area (Å²) in [5.41, 5.74) is 1.48. The number of nitrogens with one attached hydrogen (secondary N) is 2. The second kappa shape index (κ2) is 8.95. The number of carbonyl (C=O) groups excluding carboxylic acids is 1. The lowest BCUT2D eigenvalue weighted by atomic mass is 10.3. The van der Waals surface area contributed by atoms with Gasteiger partial charge < -0.3 is 5.11 Å². The van der Waals surface area contributed by atoms with Crippen molar-refractivity contribution in [2.75, 3.05) is 10.6 Å². The molecule has 2 aromatic carbocycles. The summed E-state index contributed by atoms with van der Waals surface area (Å²) in [6, 6.07) is 18.7. The smallest absolute Gasteiger partial charge is 0.410 e. The van der Waals surface area contributed by atoms with Crippen molar-refractivity contribution < 1.29 is 14.6 Å². The first-order chi connectivity index (χ1) is 15.5. The number of rotatable bonds is 6. The minimum Gasteiger partial charge on any atom is -0.862 e. The summed E-state index contributed by atoms with van der Waals surface area (Å²) in [5.74, 6) is -0.782. The number of para-hydroxylation sites is 2. The lowest BCUT2D eigenvalue weighted by Crippen LogP contribution is -2.36. The zero-order chi connectivity index (χ0) is 22.5. The third-order valence-corrected chi connectivity index (χ3v) is 3.94. The van der Waals surface area contributed by atoms with E-state index in [-0.39, 0.29) is 29.7 Å². The van der Waals surface area contributed by atoms with Crippen LogP contribution in [0.15, 0.2) is 65.7 Å². The van der Waals surface area contributed by atoms with Crippen molar-refractivity contribution in [2.24, 2.45) is 4.99 Å². The highest BCUT2D eigenvalue weighted by molar-refractivity contribution is 5.87. The zero-order valence-corrected chi connectivity index (χ0v) is 17.2. The van der Waals surface area contributed by atoms with Gasteiger partial charge in [0.25, 0.3) is 11.9 Å². The van der Waals surface area contributed by atoms with Crippen LogP contribution in [0, 0.1) is 0 Å². The third kappa shape index (κ3) is 4.87. The van der Waals surface area contributed by atoms with Crippen molar-refractivity contribution in [3.8, 4) is 11.4 Å². The fourth-order valence-electron chi connectivity index (χ4n) is 2.70. The Labute approximate surface area is 182 Å². The Bertz CT molecular complexity index is 1270. The van der Waals surface area contributed by atoms with Gasteiger partial charge in [-0.1, -0.05) is 41.1 Å². The molecule has 0 unspecified atom stereocenters. The predicted octanol–water partition coefficient (Wildman–Crippen LogP) is 0.841. The molecular weight excluding hydrogens is 412 g/mol. The number of carbonyl (C=O) groups is 1. The molecule has 0 saturated carbocycles. The van der Waals surface area contributed by atoms with Gasteiger partial charge >= 0.3 is 5.95 Å². The van der Waals surface area contributed by atoms with Crippen molar-refractivity contribution >= 4 is 35.6 Å². The lowest BCUT2D eigenvalue weighted by Gasteiger charge is -2.06. The maximum atomic E-state index is 11.5. The van der Waals surface area contributed by atoms with E-state index >= 15 is 0 Å². The standard InChI is InChI=1S/C20H18N10O2/c1-13(31)21-17-23-18(22-14(2)32)25-19(24-17)26-20-27-30(16-11-7-4-8-12-16)28-29(20)15-9-5-3-6-10-15/h3-12H,1-2H3,(H2-,21,22,23,24,25,26,27,28,31,32). The second-order valence-corrected chi connectivity index (χ2v) is 6.51. The van der Waals surface area contributed by atoms with E-state index in [0.29, 0.717) is 0 Å². The zero-order valence-electron chi connectivity index (χ0n) is 17.2. The van der Waals surface area contributed by atoms with Gasteiger partial charge in [-0.05, 0) is 41.9 Å². The number of amides is 1. The Morgan fingerprint density at radius 1 is 0.969 bits per heavy atom. The molecular formula is C20H18N10O2. The summed E-state index contributed by atoms with van der Waals surface area (Å²) in [7, 11) is 0. The van der Waals surface area contributed by atoms with Crippen LogP contribution in [0.4, 0.5) is 23.8 Å². The Balaban J connectivity index is 1.79. The third-order valence-electron chi connectivity index (χ3n) is 3.94. The van der Waals surface area contributed by atoms with E-state index in [1.54, 1.807) is 4.68 Å². The summed E-state index contributed by atoms with van der Waals surface area (Å²) in [6.07, 6.45) is 0. The molecule has 0 bridgehead atoms. The first kappa shape index (κ1) is 20.5. The van der Waals surface area contributed by atoms with Crippen LogP contribution in [0.25, 0.3) is 11.4 Å². The summed E-state index contributed by atoms with van der Waals surface area (Å²) in [4.78, 5) is 28.9. The van der Waals surface area contributed by atoms with Crippen LogP contribution in [0.3, 0.4) is 0 Å². The first-order valence-electron chi connectivity index (χ1n) is 9.51. The molecule has 0 radical (unpaired) electrons. The summed E-state index contributed by atoms with van der Waals surface area (Å²) < 4.78 is 1.57. The normalized spacial score (nSPS) is 11.2. The summed E-state index contributed by atoms with van der Waals surface area (Å²) >= 11 is 0. The van der Waals surface area contributed by atoms with Gasteiger partial charge in [0, 0.05) is 12.1 Å². The lowest BCUT2D eigenvalue weighted by molar-refractivity contribution is -0.647. The second-order valence-electron chi connectivity index (χ2n) is 6.51. The van der Waals surface area contributed by atoms with Crippen molar-refractivity contribution in [2.45, 2.75) is 13.8 Å². The highest BCUT2D eigenvalue weighted by atomic mass is 16.3. The molecule has 0 atom stereocenters. The topological polar surface area (TPSA) is 150 Å². The van der Waals surface area contributed by atoms with E-state index in [0.717, 1.165) is 11.4 Å². The molecule has 0 fully saturated rings. The maximum absolute atomic E-state index is 11.5. The highest BCUT2D eigenvalue weighted by Crippen LogP contribution is 2.15. The van der Waals surface area contributed by atoms with E-state index < -0.39 is 5.90 Å². The maximum Gasteiger partial charge on any atom is 0.410 e. The first-order valence-corrected chi connectivity index (χ1v) is 9.51. The van der Waals surface area contributed by atoms with Crippen LogP contribution >= 0.6 is 0 Å². The minimum absolute atomic E-state index is 0.0218. The Hall–Kier alpha value is -4.74. The van der Waals surface area contributed by atoms with Crippen LogP contribution in [-0.4, -0.2) is 41.9 Å². The number of hydrogen-bond donors (Lipinski definition) is 2. The molecule has 32 heavy (non-hydrogen) atoms. The van der Waals surface area contributed by atoms with E-state index in [1.165, 1.54) is 18.6 Å². The molecule has 4 rings (SSSR count). The molecule has 0 aliphatic heterocycles. The Morgan fingerprint density at radius 3 is 2.28 bits per heavy atom. The van der Waals surface area contributed by atoms with Crippen LogP contribution < -0.4 is 20.4 Å². The van der Waals surface area contributed by atoms with Gasteiger partial charge in [-0.25, -0.2) is 10.3 Å². The number of nitrogens with zero attached hydrogens (tertiary/aromatic N) is 8. The van der Waals surface area contributed by atoms with Crippen LogP contribution in [-0.2, 0) is 4.79 Å². The quantitative estimate of drug-likeness (QED) is 0.260. The Morgan fingerprint density at radius 2 is 1.62 bits per heavy atom. The number of tetrazole rings is 1. The van der Waals surface area contributed by atoms with Crippen LogP contribution in [0.5, 0.6) is 0 Å². The van der Waals surface area contributed by atoms with E-state index in [2.05, 4.69) is 40.9 Å². The van der Waals surface area contributed by atoms with Gasteiger partial charge in [-0.2, -0.15) is 15.0 Å². The molecule has 12 heteroatoms. The summed E-state index contributed by atoms with van der Waals surface area (Å²) in [6.45, 7) is 2.58. The van der Waals surface area contributed by atoms with Crippen molar-refractivity contribution in [3.05, 3.63) is 60.7 Å². The number of hydrogen-bond acceptors (Lipinski definition) is 9. The van der Waals surface area contributed by atoms with Crippen molar-refractivity contribution in [1.29, 1.82) is 0 Å². The molecule has 2 aromatic heterocycles. The average Bonchev–Trinajstić information content (AvgIpc) is 3.17. The molecule has 0 aliphatic carbocycles. The highest BCUT2D eigenvalue weighted by Gasteiger charge is 2.23. The number of anilines is 3. The minimum atomic E-state index is -0.495. The molecule has 1 amide bonds. The van der Waals surface area contributed by atoms with Gasteiger partial charge in [-0.3, -0.25) is 10.1 Å². The van der Waals surface area contributed by atoms with E-state index in [4.69, 9.17) is 0 Å². The van der Waals surface area contributed by atoms with Crippen LogP contribution in [0.1, 0.15) is 13.8 Å². The molecule has 2 N–H and O–H groups in total. The van der Waals surface area contributed by atoms with Gasteiger partial charge in [0.1, 0.15) is 11.4 Å². The number of aromatic nitrogens is 7. The van der Waals surface area contributed by atoms with Gasteiger partial charge in [0.05, 0.1) is 5.10 Å². The molecule has 4 aromatic rings. The number of aliphatic imine (C=N–C) groups is 1. The number of benzene rings is 2. The van der Waals surface area contributed by atoms with Crippen molar-refractivity contribution in [3.63, 3.8) is 0 Å². The SMILES string of the molecule is CC(=O)Nc1nc(/N=C(\C)[O-])nc(Nc2nn(-c3ccccc3)n[n+]2-c2ccccc2)n1. The van der Waals surface area contributed by atoms with E-state index in [1.807, 2.05) is 60.7 Å². The Kier molecular flexibility index (Phi) is 5.74. The monoisotopic (exact) mass is 430 g/mol. The molecule has 12 nitrogen and oxygen atoms in total. The molecule has 160 valence electrons. The van der Waals surface area contributed by atoms with Gasteiger partial charge in [-0.15, -0.1) is 0 Å². The van der Waals surface area contributed by atoms with Crippen molar-refractivity contribution in [1.82, 2.24) is 30.1 Å². The molecule has 0 spiro atoms. The largest absolute Gasteiger partial charge is 0.862 e. The van der Waals surface area contributed by atoms with Gasteiger partial charge in [0.2, 0.25) is 11.9 Å². The average molecular weight is 430 g/mol. The fraction of sp³-hybridized carbons (Fsp3) is 0.100.